The molecule has 166 valence electrons. The standard InChI is InChI=1S/C23H23N3O6/c1-15(32-18-7-9-20-21(13-18)31-14-30-20)23(28)24-11-12-26-22(27)10-8-19(25-26)16-3-5-17(29-2)6-4-16/h3-10,13,15H,11-12,14H2,1-2H3,(H,24,28)/t15-/m1/s1. The van der Waals surface area contributed by atoms with Crippen molar-refractivity contribution >= 4 is 5.91 Å². The highest BCUT2D eigenvalue weighted by Gasteiger charge is 2.18. The summed E-state index contributed by atoms with van der Waals surface area (Å²) >= 11 is 0. The first-order valence-corrected chi connectivity index (χ1v) is 10.1. The molecule has 9 nitrogen and oxygen atoms in total. The summed E-state index contributed by atoms with van der Waals surface area (Å²) in [5, 5.41) is 7.16. The third-order valence-corrected chi connectivity index (χ3v) is 4.90. The molecule has 1 amide bonds. The van der Waals surface area contributed by atoms with Crippen molar-refractivity contribution in [2.24, 2.45) is 0 Å². The van der Waals surface area contributed by atoms with Crippen molar-refractivity contribution < 1.29 is 23.7 Å². The summed E-state index contributed by atoms with van der Waals surface area (Å²) in [6.07, 6.45) is -0.731. The van der Waals surface area contributed by atoms with Gasteiger partial charge in [0, 0.05) is 24.2 Å². The zero-order valence-electron chi connectivity index (χ0n) is 17.7. The van der Waals surface area contributed by atoms with Gasteiger partial charge in [0.1, 0.15) is 11.5 Å². The van der Waals surface area contributed by atoms with Crippen molar-refractivity contribution in [3.8, 4) is 34.3 Å². The highest BCUT2D eigenvalue weighted by atomic mass is 16.7. The van der Waals surface area contributed by atoms with E-state index in [0.717, 1.165) is 11.3 Å². The Labute approximate surface area is 184 Å². The fourth-order valence-corrected chi connectivity index (χ4v) is 3.16. The minimum atomic E-state index is -0.731. The number of rotatable bonds is 8. The number of carbonyl (C=O) groups excluding carboxylic acids is 1. The summed E-state index contributed by atoms with van der Waals surface area (Å²) < 4.78 is 22.7. The first-order valence-electron chi connectivity index (χ1n) is 10.1. The highest BCUT2D eigenvalue weighted by molar-refractivity contribution is 5.80. The number of hydrogen-bond acceptors (Lipinski definition) is 7. The van der Waals surface area contributed by atoms with Crippen molar-refractivity contribution in [1.29, 1.82) is 0 Å². The van der Waals surface area contributed by atoms with E-state index in [9.17, 15) is 9.59 Å². The van der Waals surface area contributed by atoms with Crippen LogP contribution in [0.2, 0.25) is 0 Å². The number of amides is 1. The molecule has 1 atom stereocenters. The molecular weight excluding hydrogens is 414 g/mol. The van der Waals surface area contributed by atoms with Crippen molar-refractivity contribution in [1.82, 2.24) is 15.1 Å². The van der Waals surface area contributed by atoms with E-state index in [-0.39, 0.29) is 31.3 Å². The molecule has 1 N–H and O–H groups in total. The van der Waals surface area contributed by atoms with Crippen LogP contribution in [0.3, 0.4) is 0 Å². The maximum atomic E-state index is 12.4. The number of nitrogens with one attached hydrogen (secondary N) is 1. The zero-order chi connectivity index (χ0) is 22.5. The Morgan fingerprint density at radius 3 is 2.62 bits per heavy atom. The summed E-state index contributed by atoms with van der Waals surface area (Å²) in [5.41, 5.74) is 1.26. The summed E-state index contributed by atoms with van der Waals surface area (Å²) in [7, 11) is 1.60. The Balaban J connectivity index is 1.33. The number of ether oxygens (including phenoxy) is 4. The average molecular weight is 437 g/mol. The van der Waals surface area contributed by atoms with E-state index in [1.165, 1.54) is 10.7 Å². The van der Waals surface area contributed by atoms with Gasteiger partial charge >= 0.3 is 0 Å². The Morgan fingerprint density at radius 1 is 1.09 bits per heavy atom. The van der Waals surface area contributed by atoms with Gasteiger partial charge in [-0.3, -0.25) is 9.59 Å². The first-order chi connectivity index (χ1) is 15.5. The number of hydrogen-bond donors (Lipinski definition) is 1. The molecule has 1 aliphatic rings. The van der Waals surface area contributed by atoms with Gasteiger partial charge in [0.05, 0.1) is 19.3 Å². The van der Waals surface area contributed by atoms with Crippen LogP contribution in [0.15, 0.2) is 59.4 Å². The number of benzene rings is 2. The second kappa shape index (κ2) is 9.42. The fourth-order valence-electron chi connectivity index (χ4n) is 3.16. The van der Waals surface area contributed by atoms with Gasteiger partial charge in [-0.05, 0) is 49.4 Å². The monoisotopic (exact) mass is 437 g/mol. The van der Waals surface area contributed by atoms with E-state index < -0.39 is 6.10 Å². The van der Waals surface area contributed by atoms with E-state index >= 15 is 0 Å². The second-order valence-electron chi connectivity index (χ2n) is 7.07. The molecule has 9 heteroatoms. The van der Waals surface area contributed by atoms with E-state index in [4.69, 9.17) is 18.9 Å². The molecule has 0 aliphatic carbocycles. The predicted molar refractivity (Wildman–Crippen MR) is 116 cm³/mol. The molecule has 32 heavy (non-hydrogen) atoms. The summed E-state index contributed by atoms with van der Waals surface area (Å²) in [4.78, 5) is 24.6. The van der Waals surface area contributed by atoms with Crippen LogP contribution in [0.4, 0.5) is 0 Å². The number of carbonyl (C=O) groups is 1. The predicted octanol–water partition coefficient (Wildman–Crippen LogP) is 2.23. The molecule has 0 bridgehead atoms. The number of fused-ring (bicyclic) bond motifs is 1. The maximum Gasteiger partial charge on any atom is 0.266 e. The zero-order valence-corrected chi connectivity index (χ0v) is 17.7. The van der Waals surface area contributed by atoms with Crippen LogP contribution in [-0.4, -0.2) is 42.2 Å². The largest absolute Gasteiger partial charge is 0.497 e. The van der Waals surface area contributed by atoms with Gasteiger partial charge in [-0.25, -0.2) is 4.68 Å². The SMILES string of the molecule is COc1ccc(-c2ccc(=O)n(CCNC(=O)[C@@H](C)Oc3ccc4c(c3)OCO4)n2)cc1. The van der Waals surface area contributed by atoms with Crippen LogP contribution < -0.4 is 29.8 Å². The van der Waals surface area contributed by atoms with E-state index in [0.29, 0.717) is 22.9 Å². The molecule has 1 aromatic heterocycles. The minimum Gasteiger partial charge on any atom is -0.497 e. The summed E-state index contributed by atoms with van der Waals surface area (Å²) in [6, 6.07) is 15.6. The Morgan fingerprint density at radius 2 is 1.84 bits per heavy atom. The van der Waals surface area contributed by atoms with Gasteiger partial charge in [-0.15, -0.1) is 0 Å². The molecule has 2 aromatic carbocycles. The smallest absolute Gasteiger partial charge is 0.266 e. The summed E-state index contributed by atoms with van der Waals surface area (Å²) in [5.74, 6) is 2.16. The van der Waals surface area contributed by atoms with Crippen LogP contribution in [0.1, 0.15) is 6.92 Å². The summed E-state index contributed by atoms with van der Waals surface area (Å²) in [6.45, 7) is 2.27. The molecular formula is C23H23N3O6. The van der Waals surface area contributed by atoms with E-state index in [1.54, 1.807) is 38.3 Å². The number of methoxy groups -OCH3 is 1. The Hall–Kier alpha value is -4.01. The molecule has 0 saturated heterocycles. The lowest BCUT2D eigenvalue weighted by molar-refractivity contribution is -0.127. The van der Waals surface area contributed by atoms with Crippen molar-refractivity contribution in [3.63, 3.8) is 0 Å². The molecule has 4 rings (SSSR count). The van der Waals surface area contributed by atoms with Gasteiger partial charge in [0.15, 0.2) is 17.6 Å². The van der Waals surface area contributed by atoms with Crippen molar-refractivity contribution in [2.45, 2.75) is 19.6 Å². The van der Waals surface area contributed by atoms with E-state index in [1.807, 2.05) is 24.3 Å². The quantitative estimate of drug-likeness (QED) is 0.577. The fraction of sp³-hybridized carbons (Fsp3) is 0.261. The molecule has 3 aromatic rings. The lowest BCUT2D eigenvalue weighted by Gasteiger charge is -2.15. The Kier molecular flexibility index (Phi) is 6.25. The van der Waals surface area contributed by atoms with Gasteiger partial charge in [-0.1, -0.05) is 0 Å². The average Bonchev–Trinajstić information content (AvgIpc) is 3.28. The van der Waals surface area contributed by atoms with Gasteiger partial charge in [0.2, 0.25) is 6.79 Å². The minimum absolute atomic E-state index is 0.169. The normalized spacial score (nSPS) is 12.8. The van der Waals surface area contributed by atoms with Gasteiger partial charge < -0.3 is 24.3 Å². The third-order valence-electron chi connectivity index (χ3n) is 4.90. The van der Waals surface area contributed by atoms with Crippen LogP contribution in [0.25, 0.3) is 11.3 Å². The van der Waals surface area contributed by atoms with Crippen molar-refractivity contribution in [2.75, 3.05) is 20.4 Å². The molecule has 1 aliphatic heterocycles. The van der Waals surface area contributed by atoms with Crippen LogP contribution in [-0.2, 0) is 11.3 Å². The van der Waals surface area contributed by atoms with Crippen LogP contribution in [0, 0.1) is 0 Å². The van der Waals surface area contributed by atoms with Crippen LogP contribution in [0.5, 0.6) is 23.0 Å². The highest BCUT2D eigenvalue weighted by Crippen LogP contribution is 2.35. The molecule has 0 unspecified atom stereocenters. The van der Waals surface area contributed by atoms with Crippen molar-refractivity contribution in [3.05, 3.63) is 65.0 Å². The van der Waals surface area contributed by atoms with Crippen LogP contribution >= 0.6 is 0 Å². The number of aromatic nitrogens is 2. The molecule has 0 spiro atoms. The third kappa shape index (κ3) is 4.83. The topological polar surface area (TPSA) is 101 Å². The van der Waals surface area contributed by atoms with Gasteiger partial charge in [-0.2, -0.15) is 5.10 Å². The molecule has 0 fully saturated rings. The molecule has 2 heterocycles. The maximum absolute atomic E-state index is 12.4. The number of nitrogens with zero attached hydrogens (tertiary/aromatic N) is 2. The second-order valence-corrected chi connectivity index (χ2v) is 7.07. The van der Waals surface area contributed by atoms with Gasteiger partial charge in [0.25, 0.3) is 11.5 Å². The molecule has 0 saturated carbocycles. The molecule has 0 radical (unpaired) electrons. The lowest BCUT2D eigenvalue weighted by Crippen LogP contribution is -2.39. The van der Waals surface area contributed by atoms with E-state index in [2.05, 4.69) is 10.4 Å². The lowest BCUT2D eigenvalue weighted by atomic mass is 10.1. The first kappa shape index (κ1) is 21.2. The Bertz CT molecular complexity index is 1160.